The lowest BCUT2D eigenvalue weighted by atomic mass is 9.87. The molecule has 0 radical (unpaired) electrons. The third-order valence-corrected chi connectivity index (χ3v) is 5.89. The van der Waals surface area contributed by atoms with Crippen LogP contribution in [0.4, 0.5) is 18.9 Å². The summed E-state index contributed by atoms with van der Waals surface area (Å²) in [4.78, 5) is 14.2. The fourth-order valence-electron chi connectivity index (χ4n) is 3.98. The summed E-state index contributed by atoms with van der Waals surface area (Å²) in [6.45, 7) is 1.16. The molecule has 1 saturated carbocycles. The number of nitrogens with zero attached hydrogens (tertiary/aromatic N) is 1. The van der Waals surface area contributed by atoms with Gasteiger partial charge < -0.3 is 10.6 Å². The Morgan fingerprint density at radius 2 is 1.33 bits per heavy atom. The van der Waals surface area contributed by atoms with Gasteiger partial charge in [-0.15, -0.1) is 0 Å². The molecule has 3 aromatic rings. The summed E-state index contributed by atoms with van der Waals surface area (Å²) in [5.74, 6) is -1.44. The van der Waals surface area contributed by atoms with E-state index < -0.39 is 17.6 Å². The van der Waals surface area contributed by atoms with Gasteiger partial charge in [0.05, 0.1) is 0 Å². The second-order valence-corrected chi connectivity index (χ2v) is 8.40. The van der Waals surface area contributed by atoms with Crippen molar-refractivity contribution in [3.63, 3.8) is 0 Å². The van der Waals surface area contributed by atoms with E-state index in [0.717, 1.165) is 16.8 Å². The molecule has 0 aliphatic heterocycles. The molecule has 0 heterocycles. The zero-order valence-electron chi connectivity index (χ0n) is 18.1. The van der Waals surface area contributed by atoms with E-state index in [4.69, 9.17) is 5.73 Å². The van der Waals surface area contributed by atoms with Crippen LogP contribution in [-0.4, -0.2) is 18.1 Å². The second-order valence-electron chi connectivity index (χ2n) is 8.40. The molecule has 3 N–H and O–H groups in total. The van der Waals surface area contributed by atoms with Gasteiger partial charge in [-0.25, -0.2) is 0 Å². The minimum Gasteiger partial charge on any atom is -0.367 e. The molecule has 1 amide bonds. The van der Waals surface area contributed by atoms with Crippen LogP contribution in [0.5, 0.6) is 0 Å². The predicted octanol–water partition coefficient (Wildman–Crippen LogP) is 4.89. The molecule has 7 heteroatoms. The van der Waals surface area contributed by atoms with Crippen molar-refractivity contribution in [3.05, 3.63) is 102 Å². The highest BCUT2D eigenvalue weighted by Crippen LogP contribution is 2.42. The SMILES string of the molecule is NC(=O)C(NC1CC1)(c1ccc(N(Cc2ccccc2)Cc2ccccc2)cc1)C(F)(F)F. The summed E-state index contributed by atoms with van der Waals surface area (Å²) in [6.07, 6.45) is -3.69. The maximum atomic E-state index is 14.2. The Labute approximate surface area is 191 Å². The first-order chi connectivity index (χ1) is 15.8. The number of carbonyl (C=O) groups excluding carboxylic acids is 1. The maximum absolute atomic E-state index is 14.2. The van der Waals surface area contributed by atoms with Crippen LogP contribution in [0.2, 0.25) is 0 Å². The Morgan fingerprint density at radius 3 is 1.73 bits per heavy atom. The van der Waals surface area contributed by atoms with Crippen molar-refractivity contribution in [1.29, 1.82) is 0 Å². The van der Waals surface area contributed by atoms with Crippen molar-refractivity contribution in [2.75, 3.05) is 4.90 Å². The molecule has 1 unspecified atom stereocenters. The van der Waals surface area contributed by atoms with E-state index >= 15 is 0 Å². The summed E-state index contributed by atoms with van der Waals surface area (Å²) in [5, 5.41) is 2.48. The minimum absolute atomic E-state index is 0.197. The van der Waals surface area contributed by atoms with Crippen molar-refractivity contribution in [3.8, 4) is 0 Å². The van der Waals surface area contributed by atoms with Gasteiger partial charge in [0.2, 0.25) is 5.54 Å². The van der Waals surface area contributed by atoms with Gasteiger partial charge in [-0.2, -0.15) is 13.2 Å². The predicted molar refractivity (Wildman–Crippen MR) is 122 cm³/mol. The van der Waals surface area contributed by atoms with Crippen LogP contribution in [0.15, 0.2) is 84.9 Å². The van der Waals surface area contributed by atoms with E-state index in [0.29, 0.717) is 25.9 Å². The number of hydrogen-bond donors (Lipinski definition) is 2. The van der Waals surface area contributed by atoms with E-state index in [1.807, 2.05) is 60.7 Å². The van der Waals surface area contributed by atoms with Gasteiger partial charge in [0, 0.05) is 24.8 Å². The summed E-state index contributed by atoms with van der Waals surface area (Å²) in [6, 6.07) is 25.3. The molecule has 1 fully saturated rings. The zero-order valence-corrected chi connectivity index (χ0v) is 18.1. The Morgan fingerprint density at radius 1 is 0.848 bits per heavy atom. The normalized spacial score (nSPS) is 15.6. The molecule has 1 atom stereocenters. The fraction of sp³-hybridized carbons (Fsp3) is 0.269. The molecule has 3 aromatic carbocycles. The minimum atomic E-state index is -4.86. The number of nitrogens with two attached hydrogens (primary N) is 1. The highest BCUT2D eigenvalue weighted by molar-refractivity contribution is 5.87. The van der Waals surface area contributed by atoms with Gasteiger partial charge in [0.15, 0.2) is 0 Å². The number of rotatable bonds is 9. The van der Waals surface area contributed by atoms with Gasteiger partial charge >= 0.3 is 6.18 Å². The van der Waals surface area contributed by atoms with Crippen LogP contribution >= 0.6 is 0 Å². The van der Waals surface area contributed by atoms with Crippen LogP contribution in [0.25, 0.3) is 0 Å². The van der Waals surface area contributed by atoms with Crippen molar-refractivity contribution in [1.82, 2.24) is 5.32 Å². The Balaban J connectivity index is 1.68. The van der Waals surface area contributed by atoms with Crippen molar-refractivity contribution >= 4 is 11.6 Å². The van der Waals surface area contributed by atoms with E-state index in [9.17, 15) is 18.0 Å². The third kappa shape index (κ3) is 5.03. The van der Waals surface area contributed by atoms with Crippen LogP contribution < -0.4 is 16.0 Å². The fourth-order valence-corrected chi connectivity index (χ4v) is 3.98. The summed E-state index contributed by atoms with van der Waals surface area (Å²) in [5.41, 5.74) is 5.14. The lowest BCUT2D eigenvalue weighted by molar-refractivity contribution is -0.202. The van der Waals surface area contributed by atoms with Gasteiger partial charge in [-0.05, 0) is 41.7 Å². The molecule has 0 spiro atoms. The van der Waals surface area contributed by atoms with E-state index in [2.05, 4.69) is 10.2 Å². The molecule has 0 aromatic heterocycles. The van der Waals surface area contributed by atoms with Crippen LogP contribution in [0, 0.1) is 0 Å². The smallest absolute Gasteiger partial charge is 0.367 e. The molecule has 0 bridgehead atoms. The first kappa shape index (κ1) is 22.9. The summed E-state index contributed by atoms with van der Waals surface area (Å²) in [7, 11) is 0. The Kier molecular flexibility index (Phi) is 6.42. The van der Waals surface area contributed by atoms with Crippen molar-refractivity contribution < 1.29 is 18.0 Å². The molecule has 33 heavy (non-hydrogen) atoms. The first-order valence-corrected chi connectivity index (χ1v) is 10.9. The second kappa shape index (κ2) is 9.27. The number of halogens is 3. The Hall–Kier alpha value is -3.32. The summed E-state index contributed by atoms with van der Waals surface area (Å²) < 4.78 is 42.5. The molecule has 4 rings (SSSR count). The van der Waals surface area contributed by atoms with E-state index in [1.165, 1.54) is 12.1 Å². The number of hydrogen-bond acceptors (Lipinski definition) is 3. The monoisotopic (exact) mass is 453 g/mol. The number of primary amides is 1. The number of anilines is 1. The number of nitrogens with one attached hydrogen (secondary N) is 1. The molecule has 172 valence electrons. The van der Waals surface area contributed by atoms with Crippen molar-refractivity contribution in [2.24, 2.45) is 5.73 Å². The van der Waals surface area contributed by atoms with Gasteiger partial charge in [0.1, 0.15) is 0 Å². The highest BCUT2D eigenvalue weighted by Gasteiger charge is 2.62. The molecule has 1 aliphatic rings. The molecule has 4 nitrogen and oxygen atoms in total. The lowest BCUT2D eigenvalue weighted by Crippen LogP contribution is -2.62. The zero-order chi connectivity index (χ0) is 23.5. The number of alkyl halides is 3. The van der Waals surface area contributed by atoms with Crippen LogP contribution in [0.3, 0.4) is 0 Å². The van der Waals surface area contributed by atoms with Gasteiger partial charge in [-0.3, -0.25) is 10.1 Å². The van der Waals surface area contributed by atoms with Gasteiger partial charge in [0.25, 0.3) is 5.91 Å². The maximum Gasteiger partial charge on any atom is 0.419 e. The lowest BCUT2D eigenvalue weighted by Gasteiger charge is -2.35. The topological polar surface area (TPSA) is 58.4 Å². The average Bonchev–Trinajstić information content (AvgIpc) is 3.62. The highest BCUT2D eigenvalue weighted by atomic mass is 19.4. The largest absolute Gasteiger partial charge is 0.419 e. The van der Waals surface area contributed by atoms with Crippen molar-refractivity contribution in [2.45, 2.75) is 43.7 Å². The molecule has 1 aliphatic carbocycles. The molecule has 0 saturated heterocycles. The van der Waals surface area contributed by atoms with Gasteiger partial charge in [-0.1, -0.05) is 72.8 Å². The molecular formula is C26H26F3N3O. The number of carbonyl (C=O) groups is 1. The quantitative estimate of drug-likeness (QED) is 0.485. The number of amides is 1. The first-order valence-electron chi connectivity index (χ1n) is 10.9. The average molecular weight is 454 g/mol. The third-order valence-electron chi connectivity index (χ3n) is 5.89. The standard InChI is InChI=1S/C26H26F3N3O/c27-26(28,29)25(24(30)33,31-22-13-14-22)21-11-15-23(16-12-21)32(17-19-7-3-1-4-8-19)18-20-9-5-2-6-10-20/h1-12,15-16,22,31H,13-14,17-18H2,(H2,30,33). The number of benzene rings is 3. The Bertz CT molecular complexity index is 1030. The van der Waals surface area contributed by atoms with E-state index in [1.54, 1.807) is 12.1 Å². The van der Waals surface area contributed by atoms with E-state index in [-0.39, 0.29) is 11.6 Å². The van der Waals surface area contributed by atoms with Crippen LogP contribution in [0.1, 0.15) is 29.5 Å². The van der Waals surface area contributed by atoms with Crippen LogP contribution in [-0.2, 0) is 23.4 Å². The molecular weight excluding hydrogens is 427 g/mol. The summed E-state index contributed by atoms with van der Waals surface area (Å²) >= 11 is 0.